The molecule has 0 saturated carbocycles. The van der Waals surface area contributed by atoms with Crippen LogP contribution >= 0.6 is 11.3 Å². The highest BCUT2D eigenvalue weighted by atomic mass is 32.1. The fourth-order valence-corrected chi connectivity index (χ4v) is 1.39. The second-order valence-electron chi connectivity index (χ2n) is 2.07. The maximum absolute atomic E-state index is 11.9. The van der Waals surface area contributed by atoms with Crippen molar-refractivity contribution in [2.45, 2.75) is 6.18 Å². The van der Waals surface area contributed by atoms with E-state index in [0.717, 1.165) is 12.1 Å². The minimum Gasteiger partial charge on any atom is -0.423 e. The summed E-state index contributed by atoms with van der Waals surface area (Å²) in [4.78, 5) is -0.828. The van der Waals surface area contributed by atoms with Crippen LogP contribution in [0.1, 0.15) is 4.88 Å². The molecule has 0 radical (unpaired) electrons. The molecule has 1 aromatic rings. The largest absolute Gasteiger partial charge is 0.499 e. The highest BCUT2D eigenvalue weighted by Crippen LogP contribution is 2.31. The molecule has 1 rings (SSSR count). The van der Waals surface area contributed by atoms with Gasteiger partial charge in [0.15, 0.2) is 0 Å². The molecule has 0 unspecified atom stereocenters. The molecule has 66 valence electrons. The molecule has 0 aromatic carbocycles. The van der Waals surface area contributed by atoms with Gasteiger partial charge in [0, 0.05) is 4.78 Å². The minimum absolute atomic E-state index is 0.109. The zero-order valence-corrected chi connectivity index (χ0v) is 6.49. The van der Waals surface area contributed by atoms with Gasteiger partial charge in [0.05, 0.1) is 0 Å². The van der Waals surface area contributed by atoms with Gasteiger partial charge in [-0.2, -0.15) is 13.2 Å². The number of rotatable bonds is 1. The Labute approximate surface area is 70.4 Å². The maximum Gasteiger partial charge on any atom is 0.499 e. The molecule has 0 amide bonds. The standard InChI is InChI=1S/C5H4BF3O2S/c7-5(8,9)3-1-2-4(12-3)6(10)11/h1-2,10-11H. The van der Waals surface area contributed by atoms with Crippen LogP contribution in [0.5, 0.6) is 0 Å². The van der Waals surface area contributed by atoms with Gasteiger partial charge in [-0.1, -0.05) is 6.07 Å². The molecule has 2 N–H and O–H groups in total. The fraction of sp³-hybridized carbons (Fsp3) is 0.200. The van der Waals surface area contributed by atoms with Crippen LogP contribution in [0.3, 0.4) is 0 Å². The number of halogens is 3. The molecule has 0 saturated heterocycles. The minimum atomic E-state index is -4.40. The summed E-state index contributed by atoms with van der Waals surface area (Å²) in [6.07, 6.45) is -4.40. The van der Waals surface area contributed by atoms with E-state index in [2.05, 4.69) is 0 Å². The Morgan fingerprint density at radius 1 is 1.25 bits per heavy atom. The summed E-state index contributed by atoms with van der Waals surface area (Å²) in [5, 5.41) is 17.0. The van der Waals surface area contributed by atoms with Crippen molar-refractivity contribution in [2.24, 2.45) is 0 Å². The molecule has 0 bridgehead atoms. The van der Waals surface area contributed by atoms with Crippen molar-refractivity contribution >= 4 is 23.2 Å². The van der Waals surface area contributed by atoms with Crippen molar-refractivity contribution < 1.29 is 23.2 Å². The number of alkyl halides is 3. The number of hydrogen-bond donors (Lipinski definition) is 2. The van der Waals surface area contributed by atoms with Crippen molar-refractivity contribution in [1.82, 2.24) is 0 Å². The van der Waals surface area contributed by atoms with Gasteiger partial charge in [-0.3, -0.25) is 0 Å². The molecular formula is C5H4BF3O2S. The van der Waals surface area contributed by atoms with Crippen molar-refractivity contribution in [1.29, 1.82) is 0 Å². The van der Waals surface area contributed by atoms with Gasteiger partial charge in [-0.25, -0.2) is 0 Å². The first-order valence-corrected chi connectivity index (χ1v) is 3.76. The number of hydrogen-bond acceptors (Lipinski definition) is 3. The Morgan fingerprint density at radius 3 is 2.08 bits per heavy atom. The third-order valence-electron chi connectivity index (χ3n) is 1.16. The Balaban J connectivity index is 2.92. The molecular weight excluding hydrogens is 192 g/mol. The molecule has 0 aliphatic heterocycles. The lowest BCUT2D eigenvalue weighted by atomic mass is 9.90. The van der Waals surface area contributed by atoms with E-state index in [4.69, 9.17) is 10.0 Å². The fourth-order valence-electron chi connectivity index (χ4n) is 0.644. The Morgan fingerprint density at radius 2 is 1.83 bits per heavy atom. The van der Waals surface area contributed by atoms with Crippen LogP contribution in [0, 0.1) is 0 Å². The summed E-state index contributed by atoms with van der Waals surface area (Å²) in [7, 11) is -1.83. The van der Waals surface area contributed by atoms with Crippen molar-refractivity contribution in [3.63, 3.8) is 0 Å². The second-order valence-corrected chi connectivity index (χ2v) is 3.19. The third-order valence-corrected chi connectivity index (χ3v) is 2.33. The predicted molar refractivity (Wildman–Crippen MR) is 39.1 cm³/mol. The molecule has 0 aliphatic carbocycles. The van der Waals surface area contributed by atoms with E-state index < -0.39 is 18.2 Å². The van der Waals surface area contributed by atoms with Crippen molar-refractivity contribution in [3.8, 4) is 0 Å². The summed E-state index contributed by atoms with van der Waals surface area (Å²) in [5.74, 6) is 0. The topological polar surface area (TPSA) is 40.5 Å². The van der Waals surface area contributed by atoms with Gasteiger partial charge < -0.3 is 10.0 Å². The zero-order chi connectivity index (χ0) is 9.35. The highest BCUT2D eigenvalue weighted by Gasteiger charge is 2.33. The maximum atomic E-state index is 11.9. The van der Waals surface area contributed by atoms with Crippen LogP contribution in [0.15, 0.2) is 12.1 Å². The summed E-state index contributed by atoms with van der Waals surface area (Å²) < 4.78 is 35.6. The van der Waals surface area contributed by atoms with E-state index in [0.29, 0.717) is 11.3 Å². The molecule has 0 atom stereocenters. The van der Waals surface area contributed by atoms with E-state index in [9.17, 15) is 13.2 Å². The Hall–Kier alpha value is -0.525. The van der Waals surface area contributed by atoms with Crippen LogP contribution < -0.4 is 4.78 Å². The lowest BCUT2D eigenvalue weighted by Gasteiger charge is -2.00. The van der Waals surface area contributed by atoms with Gasteiger partial charge in [0.25, 0.3) is 0 Å². The molecule has 12 heavy (non-hydrogen) atoms. The molecule has 2 nitrogen and oxygen atoms in total. The van der Waals surface area contributed by atoms with Crippen LogP contribution in [-0.2, 0) is 6.18 Å². The van der Waals surface area contributed by atoms with Gasteiger partial charge >= 0.3 is 13.3 Å². The molecule has 0 fully saturated rings. The van der Waals surface area contributed by atoms with Gasteiger partial charge in [-0.05, 0) is 6.07 Å². The lowest BCUT2D eigenvalue weighted by molar-refractivity contribution is -0.134. The molecule has 7 heteroatoms. The quantitative estimate of drug-likeness (QED) is 0.640. The first-order valence-electron chi connectivity index (χ1n) is 2.94. The van der Waals surface area contributed by atoms with Crippen molar-refractivity contribution in [3.05, 3.63) is 17.0 Å². The third kappa shape index (κ3) is 1.99. The highest BCUT2D eigenvalue weighted by molar-refractivity contribution is 7.22. The normalized spacial score (nSPS) is 11.8. The lowest BCUT2D eigenvalue weighted by Crippen LogP contribution is -2.26. The van der Waals surface area contributed by atoms with E-state index in [-0.39, 0.29) is 4.78 Å². The van der Waals surface area contributed by atoms with Crippen LogP contribution in [0.4, 0.5) is 13.2 Å². The van der Waals surface area contributed by atoms with Crippen LogP contribution in [0.25, 0.3) is 0 Å². The summed E-state index contributed by atoms with van der Waals surface area (Å²) in [6.45, 7) is 0. The van der Waals surface area contributed by atoms with Gasteiger partial charge in [0.1, 0.15) is 4.88 Å². The average molecular weight is 196 g/mol. The molecule has 1 heterocycles. The van der Waals surface area contributed by atoms with Gasteiger partial charge in [-0.15, -0.1) is 11.3 Å². The van der Waals surface area contributed by atoms with E-state index >= 15 is 0 Å². The smallest absolute Gasteiger partial charge is 0.423 e. The van der Waals surface area contributed by atoms with Crippen LogP contribution in [0.2, 0.25) is 0 Å². The Bertz CT molecular complexity index is 270. The van der Waals surface area contributed by atoms with E-state index in [1.165, 1.54) is 0 Å². The number of thiophene rings is 1. The average Bonchev–Trinajstić information content (AvgIpc) is 2.30. The Kier molecular flexibility index (Phi) is 2.45. The summed E-state index contributed by atoms with van der Waals surface area (Å²) >= 11 is 0.323. The van der Waals surface area contributed by atoms with Crippen LogP contribution in [-0.4, -0.2) is 17.2 Å². The predicted octanol–water partition coefficient (Wildman–Crippen LogP) is 0.447. The second kappa shape index (κ2) is 3.08. The monoisotopic (exact) mass is 196 g/mol. The molecule has 0 aliphatic rings. The first-order chi connectivity index (χ1) is 5.41. The molecule has 1 aromatic heterocycles. The van der Waals surface area contributed by atoms with Gasteiger partial charge in [0.2, 0.25) is 0 Å². The first kappa shape index (κ1) is 9.56. The summed E-state index contributed by atoms with van der Waals surface area (Å²) in [5.41, 5.74) is 0. The SMILES string of the molecule is OB(O)c1ccc(C(F)(F)F)s1. The molecule has 0 spiro atoms. The van der Waals surface area contributed by atoms with E-state index in [1.807, 2.05) is 0 Å². The van der Waals surface area contributed by atoms with E-state index in [1.54, 1.807) is 0 Å². The van der Waals surface area contributed by atoms with Crippen molar-refractivity contribution in [2.75, 3.05) is 0 Å². The summed E-state index contributed by atoms with van der Waals surface area (Å²) in [6, 6.07) is 1.86. The zero-order valence-electron chi connectivity index (χ0n) is 5.67.